The first kappa shape index (κ1) is 13.7. The van der Waals surface area contributed by atoms with E-state index in [0.29, 0.717) is 0 Å². The maximum absolute atomic E-state index is 5.40. The highest BCUT2D eigenvalue weighted by Crippen LogP contribution is 2.29. The molecule has 4 heteroatoms. The summed E-state index contributed by atoms with van der Waals surface area (Å²) < 4.78 is 5.40. The van der Waals surface area contributed by atoms with Gasteiger partial charge in [0.15, 0.2) is 0 Å². The first-order valence-corrected chi connectivity index (χ1v) is 7.48. The molecule has 1 aliphatic rings. The fourth-order valence-electron chi connectivity index (χ4n) is 2.12. The van der Waals surface area contributed by atoms with E-state index in [1.165, 1.54) is 23.5 Å². The Bertz CT molecular complexity index is 378. The molecule has 1 aromatic rings. The molecule has 1 fully saturated rings. The van der Waals surface area contributed by atoms with E-state index in [4.69, 9.17) is 4.74 Å². The number of piperazine rings is 1. The van der Waals surface area contributed by atoms with Crippen molar-refractivity contribution in [1.29, 1.82) is 0 Å². The summed E-state index contributed by atoms with van der Waals surface area (Å²) in [5.74, 6) is 2.12. The molecule has 1 heterocycles. The van der Waals surface area contributed by atoms with Crippen molar-refractivity contribution in [3.05, 3.63) is 23.8 Å². The van der Waals surface area contributed by atoms with E-state index in [1.807, 2.05) is 11.8 Å². The highest BCUT2D eigenvalue weighted by Gasteiger charge is 2.10. The SMILES string of the molecule is COc1ccc(C)cc1SCCN1CCNCC1. The van der Waals surface area contributed by atoms with Crippen LogP contribution in [-0.2, 0) is 0 Å². The molecule has 2 rings (SSSR count). The summed E-state index contributed by atoms with van der Waals surface area (Å²) in [4.78, 5) is 3.78. The first-order chi connectivity index (χ1) is 8.79. The van der Waals surface area contributed by atoms with E-state index in [1.54, 1.807) is 7.11 Å². The van der Waals surface area contributed by atoms with Crippen molar-refractivity contribution in [1.82, 2.24) is 10.2 Å². The molecule has 100 valence electrons. The van der Waals surface area contributed by atoms with Crippen LogP contribution in [0.5, 0.6) is 5.75 Å². The van der Waals surface area contributed by atoms with Crippen molar-refractivity contribution in [3.8, 4) is 5.75 Å². The average molecular weight is 266 g/mol. The second kappa shape index (κ2) is 7.02. The van der Waals surface area contributed by atoms with Crippen LogP contribution >= 0.6 is 11.8 Å². The van der Waals surface area contributed by atoms with Crippen molar-refractivity contribution < 1.29 is 4.74 Å². The van der Waals surface area contributed by atoms with Gasteiger partial charge in [-0.05, 0) is 24.6 Å². The average Bonchev–Trinajstić information content (AvgIpc) is 2.40. The van der Waals surface area contributed by atoms with Crippen LogP contribution < -0.4 is 10.1 Å². The molecular weight excluding hydrogens is 244 g/mol. The third kappa shape index (κ3) is 3.90. The summed E-state index contributed by atoms with van der Waals surface area (Å²) in [6.07, 6.45) is 0. The molecule has 0 radical (unpaired) electrons. The van der Waals surface area contributed by atoms with E-state index < -0.39 is 0 Å². The summed E-state index contributed by atoms with van der Waals surface area (Å²) in [7, 11) is 1.74. The molecular formula is C14H22N2OS. The summed E-state index contributed by atoms with van der Waals surface area (Å²) in [6.45, 7) is 7.87. The smallest absolute Gasteiger partial charge is 0.132 e. The summed E-state index contributed by atoms with van der Waals surface area (Å²) in [6, 6.07) is 6.36. The minimum atomic E-state index is 0.992. The van der Waals surface area contributed by atoms with Gasteiger partial charge in [-0.25, -0.2) is 0 Å². The molecule has 1 aromatic carbocycles. The van der Waals surface area contributed by atoms with Crippen molar-refractivity contribution >= 4 is 11.8 Å². The molecule has 0 amide bonds. The summed E-state index contributed by atoms with van der Waals surface area (Å²) in [5, 5.41) is 3.38. The lowest BCUT2D eigenvalue weighted by Crippen LogP contribution is -2.44. The lowest BCUT2D eigenvalue weighted by Gasteiger charge is -2.26. The van der Waals surface area contributed by atoms with E-state index in [9.17, 15) is 0 Å². The second-order valence-electron chi connectivity index (χ2n) is 4.59. The largest absolute Gasteiger partial charge is 0.496 e. The van der Waals surface area contributed by atoms with Gasteiger partial charge >= 0.3 is 0 Å². The minimum absolute atomic E-state index is 0.992. The number of nitrogens with zero attached hydrogens (tertiary/aromatic N) is 1. The van der Waals surface area contributed by atoms with E-state index in [2.05, 4.69) is 35.3 Å². The van der Waals surface area contributed by atoms with Crippen LogP contribution in [0.25, 0.3) is 0 Å². The quantitative estimate of drug-likeness (QED) is 0.824. The van der Waals surface area contributed by atoms with Crippen molar-refractivity contribution in [3.63, 3.8) is 0 Å². The Morgan fingerprint density at radius 2 is 2.11 bits per heavy atom. The molecule has 1 aliphatic heterocycles. The Morgan fingerprint density at radius 3 is 2.83 bits per heavy atom. The molecule has 1 saturated heterocycles. The van der Waals surface area contributed by atoms with Crippen LogP contribution in [0.15, 0.2) is 23.1 Å². The number of benzene rings is 1. The normalized spacial score (nSPS) is 16.8. The Morgan fingerprint density at radius 1 is 1.33 bits per heavy atom. The molecule has 0 aromatic heterocycles. The number of thioether (sulfide) groups is 1. The van der Waals surface area contributed by atoms with Gasteiger partial charge in [0.1, 0.15) is 5.75 Å². The monoisotopic (exact) mass is 266 g/mol. The summed E-state index contributed by atoms with van der Waals surface area (Å²) in [5.41, 5.74) is 1.29. The van der Waals surface area contributed by atoms with Gasteiger partial charge in [-0.3, -0.25) is 4.90 Å². The van der Waals surface area contributed by atoms with Gasteiger partial charge < -0.3 is 10.1 Å². The molecule has 18 heavy (non-hydrogen) atoms. The number of nitrogens with one attached hydrogen (secondary N) is 1. The van der Waals surface area contributed by atoms with Gasteiger partial charge in [-0.2, -0.15) is 0 Å². The molecule has 0 aliphatic carbocycles. The lowest BCUT2D eigenvalue weighted by molar-refractivity contribution is 0.255. The molecule has 0 bridgehead atoms. The molecule has 0 saturated carbocycles. The number of aryl methyl sites for hydroxylation is 1. The fraction of sp³-hybridized carbons (Fsp3) is 0.571. The molecule has 1 N–H and O–H groups in total. The number of methoxy groups -OCH3 is 1. The van der Waals surface area contributed by atoms with Crippen molar-refractivity contribution in [2.24, 2.45) is 0 Å². The maximum atomic E-state index is 5.40. The van der Waals surface area contributed by atoms with Gasteiger partial charge in [0, 0.05) is 43.4 Å². The number of ether oxygens (including phenoxy) is 1. The highest BCUT2D eigenvalue weighted by molar-refractivity contribution is 7.99. The van der Waals surface area contributed by atoms with Gasteiger partial charge in [-0.1, -0.05) is 6.07 Å². The lowest BCUT2D eigenvalue weighted by atomic mass is 10.2. The van der Waals surface area contributed by atoms with Crippen LogP contribution in [0.4, 0.5) is 0 Å². The van der Waals surface area contributed by atoms with Gasteiger partial charge in [0.25, 0.3) is 0 Å². The zero-order valence-corrected chi connectivity index (χ0v) is 12.1. The number of hydrogen-bond donors (Lipinski definition) is 1. The third-order valence-corrected chi connectivity index (χ3v) is 4.21. The summed E-state index contributed by atoms with van der Waals surface area (Å²) >= 11 is 1.89. The zero-order chi connectivity index (χ0) is 12.8. The predicted molar refractivity (Wildman–Crippen MR) is 77.8 cm³/mol. The Labute approximate surface area is 114 Å². The molecule has 0 atom stereocenters. The van der Waals surface area contributed by atoms with Crippen LogP contribution in [-0.4, -0.2) is 50.5 Å². The topological polar surface area (TPSA) is 24.5 Å². The van der Waals surface area contributed by atoms with Crippen molar-refractivity contribution in [2.75, 3.05) is 45.6 Å². The van der Waals surface area contributed by atoms with Crippen LogP contribution in [0.1, 0.15) is 5.56 Å². The zero-order valence-electron chi connectivity index (χ0n) is 11.2. The highest BCUT2D eigenvalue weighted by atomic mass is 32.2. The van der Waals surface area contributed by atoms with E-state index in [-0.39, 0.29) is 0 Å². The second-order valence-corrected chi connectivity index (χ2v) is 5.73. The van der Waals surface area contributed by atoms with Crippen LogP contribution in [0, 0.1) is 6.92 Å². The molecule has 3 nitrogen and oxygen atoms in total. The van der Waals surface area contributed by atoms with Gasteiger partial charge in [0.05, 0.1) is 7.11 Å². The van der Waals surface area contributed by atoms with Gasteiger partial charge in [-0.15, -0.1) is 11.8 Å². The fourth-order valence-corrected chi connectivity index (χ4v) is 3.25. The van der Waals surface area contributed by atoms with Crippen molar-refractivity contribution in [2.45, 2.75) is 11.8 Å². The first-order valence-electron chi connectivity index (χ1n) is 6.50. The number of rotatable bonds is 5. The maximum Gasteiger partial charge on any atom is 0.132 e. The predicted octanol–water partition coefficient (Wildman–Crippen LogP) is 2.00. The van der Waals surface area contributed by atoms with Crippen LogP contribution in [0.3, 0.4) is 0 Å². The Balaban J connectivity index is 1.83. The van der Waals surface area contributed by atoms with Gasteiger partial charge in [0.2, 0.25) is 0 Å². The van der Waals surface area contributed by atoms with E-state index >= 15 is 0 Å². The Kier molecular flexibility index (Phi) is 5.35. The number of hydrogen-bond acceptors (Lipinski definition) is 4. The third-order valence-electron chi connectivity index (χ3n) is 3.19. The Hall–Kier alpha value is -0.710. The molecule has 0 unspecified atom stereocenters. The van der Waals surface area contributed by atoms with Crippen LogP contribution in [0.2, 0.25) is 0 Å². The van der Waals surface area contributed by atoms with E-state index in [0.717, 1.165) is 31.1 Å². The minimum Gasteiger partial charge on any atom is -0.496 e. The standard InChI is InChI=1S/C14H22N2OS/c1-12-3-4-13(17-2)14(11-12)18-10-9-16-7-5-15-6-8-16/h3-4,11,15H,5-10H2,1-2H3. The molecule has 0 spiro atoms.